The minimum absolute atomic E-state index is 0.230. The Labute approximate surface area is 145 Å². The average Bonchev–Trinajstić information content (AvgIpc) is 3.07. The van der Waals surface area contributed by atoms with Crippen LogP contribution < -0.4 is 0 Å². The molecule has 0 aliphatic rings. The van der Waals surface area contributed by atoms with Gasteiger partial charge in [0.2, 0.25) is 0 Å². The molecule has 0 aliphatic carbocycles. The molecule has 2 aromatic carbocycles. The molecule has 0 aliphatic heterocycles. The van der Waals surface area contributed by atoms with E-state index < -0.39 is 0 Å². The van der Waals surface area contributed by atoms with E-state index in [1.807, 2.05) is 85.1 Å². The maximum absolute atomic E-state index is 12.8. The van der Waals surface area contributed by atoms with Gasteiger partial charge in [-0.3, -0.25) is 4.40 Å². The topological polar surface area (TPSA) is 43.6 Å². The molecule has 0 unspecified atom stereocenters. The molecular formula is C21H16N2O2. The zero-order chi connectivity index (χ0) is 17.1. The molecule has 0 bridgehead atoms. The molecule has 0 spiro atoms. The smallest absolute Gasteiger partial charge is 0.357 e. The van der Waals surface area contributed by atoms with Crippen molar-refractivity contribution in [3.63, 3.8) is 0 Å². The highest BCUT2D eigenvalue weighted by molar-refractivity contribution is 5.96. The number of esters is 1. The molecule has 4 aromatic rings. The van der Waals surface area contributed by atoms with Crippen LogP contribution in [0.1, 0.15) is 16.1 Å². The number of hydrogen-bond acceptors (Lipinski definition) is 3. The molecule has 4 heteroatoms. The lowest BCUT2D eigenvalue weighted by molar-refractivity contribution is 0.0465. The third kappa shape index (κ3) is 3.02. The summed E-state index contributed by atoms with van der Waals surface area (Å²) in [6.07, 6.45) is 1.83. The third-order valence-corrected chi connectivity index (χ3v) is 3.98. The summed E-state index contributed by atoms with van der Waals surface area (Å²) < 4.78 is 7.32. The van der Waals surface area contributed by atoms with E-state index in [1.165, 1.54) is 0 Å². The van der Waals surface area contributed by atoms with Crippen molar-refractivity contribution in [1.29, 1.82) is 0 Å². The highest BCUT2D eigenvalue weighted by Crippen LogP contribution is 2.25. The van der Waals surface area contributed by atoms with E-state index in [0.29, 0.717) is 17.0 Å². The fourth-order valence-electron chi connectivity index (χ4n) is 2.78. The molecule has 4 nitrogen and oxygen atoms in total. The van der Waals surface area contributed by atoms with Crippen molar-refractivity contribution >= 4 is 11.6 Å². The number of aromatic nitrogens is 2. The Morgan fingerprint density at radius 1 is 0.880 bits per heavy atom. The number of fused-ring (bicyclic) bond motifs is 1. The number of ether oxygens (including phenoxy) is 1. The summed E-state index contributed by atoms with van der Waals surface area (Å²) in [7, 11) is 0. The quantitative estimate of drug-likeness (QED) is 0.523. The van der Waals surface area contributed by atoms with Gasteiger partial charge in [0, 0.05) is 11.8 Å². The van der Waals surface area contributed by atoms with Crippen LogP contribution in [0.5, 0.6) is 0 Å². The van der Waals surface area contributed by atoms with Crippen LogP contribution in [0.2, 0.25) is 0 Å². The van der Waals surface area contributed by atoms with Gasteiger partial charge in [-0.1, -0.05) is 66.7 Å². The molecule has 0 fully saturated rings. The summed E-state index contributed by atoms with van der Waals surface area (Å²) in [5.74, 6) is -0.388. The molecule has 4 rings (SSSR count). The number of carbonyl (C=O) groups is 1. The highest BCUT2D eigenvalue weighted by Gasteiger charge is 2.21. The van der Waals surface area contributed by atoms with Gasteiger partial charge in [-0.2, -0.15) is 0 Å². The molecule has 0 radical (unpaired) electrons. The van der Waals surface area contributed by atoms with Crippen LogP contribution in [0.25, 0.3) is 16.9 Å². The molecule has 0 atom stereocenters. The molecule has 0 saturated heterocycles. The Morgan fingerprint density at radius 2 is 1.56 bits per heavy atom. The van der Waals surface area contributed by atoms with Gasteiger partial charge in [0.1, 0.15) is 17.9 Å². The second-order valence-electron chi connectivity index (χ2n) is 5.67. The summed E-state index contributed by atoms with van der Waals surface area (Å²) in [4.78, 5) is 17.4. The van der Waals surface area contributed by atoms with E-state index in [0.717, 1.165) is 11.1 Å². The summed E-state index contributed by atoms with van der Waals surface area (Å²) >= 11 is 0. The van der Waals surface area contributed by atoms with Crippen LogP contribution in [-0.4, -0.2) is 15.4 Å². The van der Waals surface area contributed by atoms with Crippen LogP contribution in [0, 0.1) is 0 Å². The number of hydrogen-bond donors (Lipinski definition) is 0. The van der Waals surface area contributed by atoms with Crippen molar-refractivity contribution in [2.45, 2.75) is 6.61 Å². The SMILES string of the molecule is O=C(OCc1ccccc1)c1c(-c2ccccc2)nc2ccccn12. The van der Waals surface area contributed by atoms with Crippen LogP contribution in [-0.2, 0) is 11.3 Å². The zero-order valence-electron chi connectivity index (χ0n) is 13.5. The monoisotopic (exact) mass is 328 g/mol. The first-order chi connectivity index (χ1) is 12.3. The van der Waals surface area contributed by atoms with Crippen LogP contribution in [0.15, 0.2) is 85.1 Å². The average molecular weight is 328 g/mol. The minimum Gasteiger partial charge on any atom is -0.456 e. The number of imidazole rings is 1. The standard InChI is InChI=1S/C21H16N2O2/c24-21(25-15-16-9-3-1-4-10-16)20-19(17-11-5-2-6-12-17)22-18-13-7-8-14-23(18)20/h1-14H,15H2. The van der Waals surface area contributed by atoms with Crippen molar-refractivity contribution in [1.82, 2.24) is 9.38 Å². The van der Waals surface area contributed by atoms with Gasteiger partial charge in [0.25, 0.3) is 0 Å². The minimum atomic E-state index is -0.388. The van der Waals surface area contributed by atoms with Crippen molar-refractivity contribution < 1.29 is 9.53 Å². The van der Waals surface area contributed by atoms with Gasteiger partial charge in [0.05, 0.1) is 0 Å². The molecule has 25 heavy (non-hydrogen) atoms. The van der Waals surface area contributed by atoms with Crippen molar-refractivity contribution in [3.8, 4) is 11.3 Å². The largest absolute Gasteiger partial charge is 0.456 e. The van der Waals surface area contributed by atoms with E-state index in [2.05, 4.69) is 4.98 Å². The second-order valence-corrected chi connectivity index (χ2v) is 5.67. The molecular weight excluding hydrogens is 312 g/mol. The van der Waals surface area contributed by atoms with Gasteiger partial charge < -0.3 is 4.74 Å². The number of nitrogens with zero attached hydrogens (tertiary/aromatic N) is 2. The summed E-state index contributed by atoms with van der Waals surface area (Å²) in [6.45, 7) is 0.230. The fraction of sp³-hybridized carbons (Fsp3) is 0.0476. The Kier molecular flexibility index (Phi) is 4.01. The first-order valence-corrected chi connectivity index (χ1v) is 8.06. The molecule has 122 valence electrons. The van der Waals surface area contributed by atoms with E-state index in [1.54, 1.807) is 4.40 Å². The van der Waals surface area contributed by atoms with Gasteiger partial charge in [-0.05, 0) is 17.7 Å². The summed E-state index contributed by atoms with van der Waals surface area (Å²) in [6, 6.07) is 25.0. The first kappa shape index (κ1) is 15.1. The van der Waals surface area contributed by atoms with Gasteiger partial charge in [-0.15, -0.1) is 0 Å². The van der Waals surface area contributed by atoms with E-state index in [-0.39, 0.29) is 12.6 Å². The molecule has 0 N–H and O–H groups in total. The van der Waals surface area contributed by atoms with E-state index >= 15 is 0 Å². The molecule has 0 saturated carbocycles. The van der Waals surface area contributed by atoms with Crippen molar-refractivity contribution in [2.75, 3.05) is 0 Å². The lowest BCUT2D eigenvalue weighted by atomic mass is 10.1. The Hall–Kier alpha value is -3.40. The van der Waals surface area contributed by atoms with Crippen molar-refractivity contribution in [2.24, 2.45) is 0 Å². The number of carbonyl (C=O) groups excluding carboxylic acids is 1. The Balaban J connectivity index is 1.73. The first-order valence-electron chi connectivity index (χ1n) is 8.06. The maximum Gasteiger partial charge on any atom is 0.357 e. The predicted molar refractivity (Wildman–Crippen MR) is 96.2 cm³/mol. The van der Waals surface area contributed by atoms with Crippen molar-refractivity contribution in [3.05, 3.63) is 96.3 Å². The second kappa shape index (κ2) is 6.61. The molecule has 0 amide bonds. The Bertz CT molecular complexity index is 1010. The lowest BCUT2D eigenvalue weighted by Gasteiger charge is -2.07. The number of benzene rings is 2. The Morgan fingerprint density at radius 3 is 2.32 bits per heavy atom. The van der Waals surface area contributed by atoms with Crippen LogP contribution >= 0.6 is 0 Å². The summed E-state index contributed by atoms with van der Waals surface area (Å²) in [5, 5.41) is 0. The van der Waals surface area contributed by atoms with Gasteiger partial charge in [0.15, 0.2) is 5.69 Å². The van der Waals surface area contributed by atoms with E-state index in [9.17, 15) is 4.79 Å². The van der Waals surface area contributed by atoms with Gasteiger partial charge >= 0.3 is 5.97 Å². The normalized spacial score (nSPS) is 10.7. The maximum atomic E-state index is 12.8. The van der Waals surface area contributed by atoms with Gasteiger partial charge in [-0.25, -0.2) is 9.78 Å². The van der Waals surface area contributed by atoms with E-state index in [4.69, 9.17) is 4.74 Å². The number of rotatable bonds is 4. The van der Waals surface area contributed by atoms with Crippen LogP contribution in [0.4, 0.5) is 0 Å². The zero-order valence-corrected chi connectivity index (χ0v) is 13.5. The number of pyridine rings is 1. The van der Waals surface area contributed by atoms with Crippen LogP contribution in [0.3, 0.4) is 0 Å². The molecule has 2 aromatic heterocycles. The lowest BCUT2D eigenvalue weighted by Crippen LogP contribution is -2.09. The highest BCUT2D eigenvalue weighted by atomic mass is 16.5. The molecule has 2 heterocycles. The fourth-order valence-corrected chi connectivity index (χ4v) is 2.78. The predicted octanol–water partition coefficient (Wildman–Crippen LogP) is 4.36. The third-order valence-electron chi connectivity index (χ3n) is 3.98. The summed E-state index contributed by atoms with van der Waals surface area (Å²) in [5.41, 5.74) is 3.62.